The molecular weight excluding hydrogens is 352 g/mol. The molecule has 1 N–H and O–H groups in total. The number of thioether (sulfide) groups is 1. The Morgan fingerprint density at radius 2 is 2.15 bits per heavy atom. The number of nitriles is 1. The van der Waals surface area contributed by atoms with E-state index in [0.717, 1.165) is 5.56 Å². The summed E-state index contributed by atoms with van der Waals surface area (Å²) in [4.78, 5) is 14.2. The Morgan fingerprint density at radius 3 is 2.77 bits per heavy atom. The second kappa shape index (κ2) is 6.24. The molecule has 2 aliphatic rings. The van der Waals surface area contributed by atoms with Crippen LogP contribution in [-0.4, -0.2) is 28.8 Å². The van der Waals surface area contributed by atoms with E-state index in [0.29, 0.717) is 22.1 Å². The van der Waals surface area contributed by atoms with Gasteiger partial charge in [-0.15, -0.1) is 11.8 Å². The van der Waals surface area contributed by atoms with Crippen LogP contribution in [0.4, 0.5) is 0 Å². The number of methoxy groups -OCH3 is 1. The number of fused-ring (bicyclic) bond motifs is 1. The van der Waals surface area contributed by atoms with Gasteiger partial charge in [0.05, 0.1) is 35.8 Å². The van der Waals surface area contributed by atoms with Crippen LogP contribution in [0.25, 0.3) is 0 Å². The maximum absolute atomic E-state index is 12.9. The van der Waals surface area contributed by atoms with Gasteiger partial charge in [-0.25, -0.2) is 0 Å². The molecule has 0 spiro atoms. The van der Waals surface area contributed by atoms with Crippen molar-refractivity contribution in [2.45, 2.75) is 18.1 Å². The van der Waals surface area contributed by atoms with Crippen molar-refractivity contribution in [1.29, 1.82) is 5.26 Å². The topological polar surface area (TPSA) is 86.7 Å². The fourth-order valence-corrected chi connectivity index (χ4v) is 4.77. The first kappa shape index (κ1) is 16.8. The van der Waals surface area contributed by atoms with E-state index < -0.39 is 5.72 Å². The van der Waals surface area contributed by atoms with Crippen molar-refractivity contribution in [3.8, 4) is 11.8 Å². The van der Waals surface area contributed by atoms with E-state index in [1.165, 1.54) is 22.9 Å². The van der Waals surface area contributed by atoms with Crippen molar-refractivity contribution in [3.05, 3.63) is 64.6 Å². The quantitative estimate of drug-likeness (QED) is 0.896. The summed E-state index contributed by atoms with van der Waals surface area (Å²) in [7, 11) is 1.59. The molecule has 1 amide bonds. The van der Waals surface area contributed by atoms with E-state index in [1.54, 1.807) is 19.2 Å². The van der Waals surface area contributed by atoms with Crippen molar-refractivity contribution in [3.63, 3.8) is 0 Å². The van der Waals surface area contributed by atoms with Gasteiger partial charge in [-0.05, 0) is 29.8 Å². The van der Waals surface area contributed by atoms with Gasteiger partial charge >= 0.3 is 0 Å². The number of hydrogen-bond acceptors (Lipinski definition) is 6. The van der Waals surface area contributed by atoms with E-state index >= 15 is 0 Å². The molecule has 0 saturated carbocycles. The van der Waals surface area contributed by atoms with Crippen LogP contribution in [0.15, 0.2) is 57.7 Å². The van der Waals surface area contributed by atoms with Gasteiger partial charge in [0, 0.05) is 12.3 Å². The van der Waals surface area contributed by atoms with Crippen LogP contribution in [0.5, 0.6) is 5.75 Å². The molecule has 7 heteroatoms. The highest BCUT2D eigenvalue weighted by molar-refractivity contribution is 8.03. The zero-order valence-corrected chi connectivity index (χ0v) is 14.8. The average molecular weight is 368 g/mol. The van der Waals surface area contributed by atoms with E-state index in [4.69, 9.17) is 9.15 Å². The number of amides is 1. The summed E-state index contributed by atoms with van der Waals surface area (Å²) in [6, 6.07) is 12.9. The third-order valence-corrected chi connectivity index (χ3v) is 5.97. The minimum absolute atomic E-state index is 0.113. The first-order valence-electron chi connectivity index (χ1n) is 8.09. The van der Waals surface area contributed by atoms with Gasteiger partial charge in [0.1, 0.15) is 5.75 Å². The molecule has 0 aliphatic carbocycles. The maximum Gasteiger partial charge on any atom is 0.231 e. The van der Waals surface area contributed by atoms with Gasteiger partial charge in [0.25, 0.3) is 0 Å². The summed E-state index contributed by atoms with van der Waals surface area (Å²) < 4.78 is 10.5. The lowest BCUT2D eigenvalue weighted by Gasteiger charge is -2.36. The van der Waals surface area contributed by atoms with Crippen LogP contribution >= 0.6 is 11.8 Å². The Balaban J connectivity index is 1.78. The summed E-state index contributed by atoms with van der Waals surface area (Å²) in [6.45, 7) is 0. The van der Waals surface area contributed by atoms with Crippen LogP contribution in [0, 0.1) is 11.3 Å². The molecule has 2 aromatic rings. The molecule has 1 aromatic heterocycles. The minimum Gasteiger partial charge on any atom is -0.497 e. The average Bonchev–Trinajstić information content (AvgIpc) is 3.31. The van der Waals surface area contributed by atoms with Gasteiger partial charge in [-0.2, -0.15) is 5.26 Å². The number of allylic oxidation sites excluding steroid dienone is 1. The third kappa shape index (κ3) is 2.42. The molecule has 1 fully saturated rings. The van der Waals surface area contributed by atoms with Crippen molar-refractivity contribution < 1.29 is 19.1 Å². The predicted octanol–water partition coefficient (Wildman–Crippen LogP) is 2.93. The van der Waals surface area contributed by atoms with Crippen LogP contribution in [-0.2, 0) is 10.5 Å². The number of carbonyl (C=O) groups excluding carboxylic acids is 1. The second-order valence-electron chi connectivity index (χ2n) is 6.17. The second-order valence-corrected chi connectivity index (χ2v) is 7.14. The van der Waals surface area contributed by atoms with Crippen molar-refractivity contribution in [2.24, 2.45) is 0 Å². The SMILES string of the molecule is COc1ccc(C2CC(=O)N3C(=C2C#N)SCC3(O)c2ccco2)cc1. The molecule has 4 rings (SSSR count). The molecule has 2 atom stereocenters. The van der Waals surface area contributed by atoms with Crippen molar-refractivity contribution in [2.75, 3.05) is 12.9 Å². The van der Waals surface area contributed by atoms with E-state index in [-0.39, 0.29) is 24.0 Å². The predicted molar refractivity (Wildman–Crippen MR) is 94.9 cm³/mol. The molecule has 132 valence electrons. The Labute approximate surface area is 154 Å². The lowest BCUT2D eigenvalue weighted by molar-refractivity contribution is -0.152. The monoisotopic (exact) mass is 368 g/mol. The van der Waals surface area contributed by atoms with Gasteiger partial charge in [-0.3, -0.25) is 9.69 Å². The number of benzene rings is 1. The van der Waals surface area contributed by atoms with Crippen LogP contribution < -0.4 is 4.74 Å². The van der Waals surface area contributed by atoms with Crippen molar-refractivity contribution >= 4 is 17.7 Å². The number of nitrogens with zero attached hydrogens (tertiary/aromatic N) is 2. The normalized spacial score (nSPS) is 25.2. The maximum atomic E-state index is 12.9. The first-order valence-corrected chi connectivity index (χ1v) is 9.07. The Hall–Kier alpha value is -2.69. The van der Waals surface area contributed by atoms with Gasteiger partial charge < -0.3 is 14.3 Å². The standard InChI is InChI=1S/C19H16N2O4S/c1-24-13-6-4-12(5-7-13)14-9-17(22)21-18(15(14)10-20)26-11-19(21,23)16-3-2-8-25-16/h2-8,14,23H,9,11H2,1H3. The van der Waals surface area contributed by atoms with Crippen LogP contribution in [0.2, 0.25) is 0 Å². The number of hydrogen-bond donors (Lipinski definition) is 1. The molecule has 6 nitrogen and oxygen atoms in total. The molecule has 1 saturated heterocycles. The molecule has 2 unspecified atom stereocenters. The molecule has 0 bridgehead atoms. The fourth-order valence-electron chi connectivity index (χ4n) is 3.44. The Kier molecular flexibility index (Phi) is 4.02. The third-order valence-electron chi connectivity index (χ3n) is 4.74. The molecule has 3 heterocycles. The van der Waals surface area contributed by atoms with E-state index in [9.17, 15) is 15.2 Å². The number of aliphatic hydroxyl groups is 1. The highest BCUT2D eigenvalue weighted by Gasteiger charge is 2.53. The summed E-state index contributed by atoms with van der Waals surface area (Å²) in [6.07, 6.45) is 1.57. The summed E-state index contributed by atoms with van der Waals surface area (Å²) >= 11 is 1.30. The highest BCUT2D eigenvalue weighted by atomic mass is 32.2. The molecule has 0 radical (unpaired) electrons. The molecule has 26 heavy (non-hydrogen) atoms. The van der Waals surface area contributed by atoms with E-state index in [1.807, 2.05) is 24.3 Å². The van der Waals surface area contributed by atoms with Gasteiger partial charge in [0.15, 0.2) is 5.76 Å². The lowest BCUT2D eigenvalue weighted by atomic mass is 9.86. The smallest absolute Gasteiger partial charge is 0.231 e. The van der Waals surface area contributed by atoms with Crippen LogP contribution in [0.1, 0.15) is 23.7 Å². The number of rotatable bonds is 3. The van der Waals surface area contributed by atoms with Crippen molar-refractivity contribution in [1.82, 2.24) is 4.90 Å². The highest BCUT2D eigenvalue weighted by Crippen LogP contribution is 2.51. The Morgan fingerprint density at radius 1 is 1.38 bits per heavy atom. The van der Waals surface area contributed by atoms with E-state index in [2.05, 4.69) is 6.07 Å². The summed E-state index contributed by atoms with van der Waals surface area (Å²) in [5, 5.41) is 21.4. The van der Waals surface area contributed by atoms with Gasteiger partial charge in [0.2, 0.25) is 11.6 Å². The lowest BCUT2D eigenvalue weighted by Crippen LogP contribution is -2.48. The molecular formula is C19H16N2O4S. The fraction of sp³-hybridized carbons (Fsp3) is 0.263. The first-order chi connectivity index (χ1) is 12.6. The molecule has 2 aliphatic heterocycles. The van der Waals surface area contributed by atoms with Gasteiger partial charge in [-0.1, -0.05) is 12.1 Å². The van der Waals surface area contributed by atoms with Crippen LogP contribution in [0.3, 0.4) is 0 Å². The number of carbonyl (C=O) groups is 1. The summed E-state index contributed by atoms with van der Waals surface area (Å²) in [5.74, 6) is 0.668. The minimum atomic E-state index is -1.56. The number of furan rings is 1. The Bertz CT molecular complexity index is 914. The summed E-state index contributed by atoms with van der Waals surface area (Å²) in [5.41, 5.74) is -0.202. The molecule has 1 aromatic carbocycles. The largest absolute Gasteiger partial charge is 0.497 e. The zero-order valence-electron chi connectivity index (χ0n) is 14.0. The zero-order chi connectivity index (χ0) is 18.3. The number of ether oxygens (including phenoxy) is 1.